The molecule has 0 spiro atoms. The van der Waals surface area contributed by atoms with Crippen molar-refractivity contribution in [2.24, 2.45) is 4.99 Å². The molecule has 0 saturated carbocycles. The molecule has 0 aromatic heterocycles. The van der Waals surface area contributed by atoms with Crippen molar-refractivity contribution in [3.63, 3.8) is 0 Å². The normalized spacial score (nSPS) is 11.2. The first kappa shape index (κ1) is 21.0. The number of hydrogen-bond acceptors (Lipinski definition) is 3. The Kier molecular flexibility index (Phi) is 6.24. The second-order valence-electron chi connectivity index (χ2n) is 7.49. The van der Waals surface area contributed by atoms with E-state index in [-0.39, 0.29) is 0 Å². The quantitative estimate of drug-likeness (QED) is 0.298. The Labute approximate surface area is 187 Å². The molecule has 4 aromatic carbocycles. The van der Waals surface area contributed by atoms with Gasteiger partial charge in [0.25, 0.3) is 0 Å². The Bertz CT molecular complexity index is 1260. The van der Waals surface area contributed by atoms with Crippen LogP contribution in [0.1, 0.15) is 22.3 Å². The molecule has 31 heavy (non-hydrogen) atoms. The average molecular weight is 430 g/mol. The van der Waals surface area contributed by atoms with E-state index in [0.717, 1.165) is 22.2 Å². The minimum Gasteiger partial charge on any atom is -0.493 e. The maximum absolute atomic E-state index is 6.56. The summed E-state index contributed by atoms with van der Waals surface area (Å²) in [6.07, 6.45) is 1.78. The van der Waals surface area contributed by atoms with Gasteiger partial charge in [0.1, 0.15) is 6.61 Å². The molecule has 4 aromatic rings. The van der Waals surface area contributed by atoms with E-state index in [0.29, 0.717) is 23.1 Å². The number of ether oxygens (including phenoxy) is 2. The Morgan fingerprint density at radius 3 is 2.52 bits per heavy atom. The van der Waals surface area contributed by atoms with Crippen molar-refractivity contribution >= 4 is 34.3 Å². The lowest BCUT2D eigenvalue weighted by Crippen LogP contribution is -2.00. The molecule has 0 aliphatic rings. The number of halogens is 1. The maximum Gasteiger partial charge on any atom is 0.180 e. The molecule has 0 heterocycles. The van der Waals surface area contributed by atoms with Crippen molar-refractivity contribution in [2.75, 3.05) is 7.11 Å². The molecule has 0 atom stereocenters. The smallest absolute Gasteiger partial charge is 0.180 e. The zero-order valence-electron chi connectivity index (χ0n) is 17.9. The lowest BCUT2D eigenvalue weighted by molar-refractivity contribution is 0.286. The van der Waals surface area contributed by atoms with Crippen molar-refractivity contribution in [3.05, 3.63) is 100 Å². The highest BCUT2D eigenvalue weighted by Crippen LogP contribution is 2.37. The molecule has 0 bridgehead atoms. The van der Waals surface area contributed by atoms with Gasteiger partial charge in [-0.05, 0) is 71.1 Å². The predicted octanol–water partition coefficient (Wildman–Crippen LogP) is 7.45. The summed E-state index contributed by atoms with van der Waals surface area (Å²) < 4.78 is 11.7. The minimum absolute atomic E-state index is 0.396. The van der Waals surface area contributed by atoms with Crippen LogP contribution in [0.3, 0.4) is 0 Å². The van der Waals surface area contributed by atoms with Gasteiger partial charge in [-0.3, -0.25) is 4.99 Å². The van der Waals surface area contributed by atoms with E-state index < -0.39 is 0 Å². The summed E-state index contributed by atoms with van der Waals surface area (Å²) in [5, 5.41) is 2.83. The summed E-state index contributed by atoms with van der Waals surface area (Å²) in [7, 11) is 1.61. The summed E-state index contributed by atoms with van der Waals surface area (Å²) in [6, 6.07) is 24.3. The van der Waals surface area contributed by atoms with Crippen LogP contribution in [0.25, 0.3) is 10.8 Å². The maximum atomic E-state index is 6.56. The summed E-state index contributed by atoms with van der Waals surface area (Å²) >= 11 is 6.56. The topological polar surface area (TPSA) is 30.8 Å². The van der Waals surface area contributed by atoms with Gasteiger partial charge >= 0.3 is 0 Å². The first-order valence-electron chi connectivity index (χ1n) is 10.1. The van der Waals surface area contributed by atoms with Crippen molar-refractivity contribution < 1.29 is 9.47 Å². The molecule has 156 valence electrons. The second kappa shape index (κ2) is 9.23. The van der Waals surface area contributed by atoms with Crippen LogP contribution in [0.5, 0.6) is 11.5 Å². The Hall–Kier alpha value is -3.30. The summed E-state index contributed by atoms with van der Waals surface area (Å²) in [6.45, 7) is 4.56. The van der Waals surface area contributed by atoms with Gasteiger partial charge in [-0.25, -0.2) is 0 Å². The van der Waals surface area contributed by atoms with Crippen LogP contribution in [-0.2, 0) is 6.61 Å². The van der Waals surface area contributed by atoms with Crippen LogP contribution in [0, 0.1) is 13.8 Å². The van der Waals surface area contributed by atoms with Crippen LogP contribution >= 0.6 is 11.6 Å². The molecular formula is C27H24ClNO2. The molecule has 4 heteroatoms. The molecule has 3 nitrogen and oxygen atoms in total. The largest absolute Gasteiger partial charge is 0.493 e. The molecule has 0 unspecified atom stereocenters. The average Bonchev–Trinajstić information content (AvgIpc) is 2.78. The third kappa shape index (κ3) is 4.73. The Morgan fingerprint density at radius 2 is 1.71 bits per heavy atom. The van der Waals surface area contributed by atoms with Gasteiger partial charge in [0, 0.05) is 6.21 Å². The lowest BCUT2D eigenvalue weighted by Gasteiger charge is -2.14. The number of aliphatic imine (C=N–C) groups is 1. The number of hydrogen-bond donors (Lipinski definition) is 0. The Morgan fingerprint density at radius 1 is 0.903 bits per heavy atom. The lowest BCUT2D eigenvalue weighted by atomic mass is 10.1. The van der Waals surface area contributed by atoms with Gasteiger partial charge in [-0.1, -0.05) is 60.1 Å². The van der Waals surface area contributed by atoms with Crippen molar-refractivity contribution in [2.45, 2.75) is 20.5 Å². The summed E-state index contributed by atoms with van der Waals surface area (Å²) in [4.78, 5) is 4.57. The highest BCUT2D eigenvalue weighted by Gasteiger charge is 2.13. The van der Waals surface area contributed by atoms with E-state index in [1.165, 1.54) is 16.5 Å². The fourth-order valence-corrected chi connectivity index (χ4v) is 3.75. The zero-order chi connectivity index (χ0) is 21.8. The molecular weight excluding hydrogens is 406 g/mol. The van der Waals surface area contributed by atoms with Crippen LogP contribution in [-0.4, -0.2) is 13.3 Å². The molecule has 0 fully saturated rings. The third-order valence-corrected chi connectivity index (χ3v) is 5.64. The van der Waals surface area contributed by atoms with Crippen LogP contribution in [0.15, 0.2) is 77.8 Å². The van der Waals surface area contributed by atoms with Gasteiger partial charge in [-0.2, -0.15) is 0 Å². The predicted molar refractivity (Wildman–Crippen MR) is 129 cm³/mol. The summed E-state index contributed by atoms with van der Waals surface area (Å²) in [5.41, 5.74) is 5.29. The van der Waals surface area contributed by atoms with E-state index in [2.05, 4.69) is 55.2 Å². The first-order valence-corrected chi connectivity index (χ1v) is 10.5. The molecule has 0 N–H and O–H groups in total. The van der Waals surface area contributed by atoms with Gasteiger partial charge in [0.2, 0.25) is 0 Å². The van der Waals surface area contributed by atoms with E-state index in [1.807, 2.05) is 36.4 Å². The zero-order valence-corrected chi connectivity index (χ0v) is 18.6. The van der Waals surface area contributed by atoms with Crippen molar-refractivity contribution in [1.82, 2.24) is 0 Å². The molecule has 0 saturated heterocycles. The van der Waals surface area contributed by atoms with E-state index >= 15 is 0 Å². The van der Waals surface area contributed by atoms with E-state index in [9.17, 15) is 0 Å². The van der Waals surface area contributed by atoms with Gasteiger partial charge in [0.15, 0.2) is 11.5 Å². The van der Waals surface area contributed by atoms with Gasteiger partial charge in [0.05, 0.1) is 17.8 Å². The monoisotopic (exact) mass is 429 g/mol. The van der Waals surface area contributed by atoms with Crippen molar-refractivity contribution in [1.29, 1.82) is 0 Å². The molecule has 0 aliphatic carbocycles. The van der Waals surface area contributed by atoms with Crippen molar-refractivity contribution in [3.8, 4) is 11.5 Å². The van der Waals surface area contributed by atoms with Gasteiger partial charge < -0.3 is 9.47 Å². The number of rotatable bonds is 6. The standard InChI is InChI=1S/C27H24ClNO2/c1-18-11-12-23(13-19(18)2)29-16-20-14-25(28)27(26(15-20)30-3)31-17-22-9-6-8-21-7-4-5-10-24(21)22/h4-16H,17H2,1-3H3. The fraction of sp³-hybridized carbons (Fsp3) is 0.148. The first-order chi connectivity index (χ1) is 15.0. The second-order valence-corrected chi connectivity index (χ2v) is 7.90. The van der Waals surface area contributed by atoms with Crippen LogP contribution in [0.2, 0.25) is 5.02 Å². The van der Waals surface area contributed by atoms with Gasteiger partial charge in [-0.15, -0.1) is 0 Å². The number of methoxy groups -OCH3 is 1. The molecule has 0 radical (unpaired) electrons. The van der Waals surface area contributed by atoms with Crippen LogP contribution < -0.4 is 9.47 Å². The third-order valence-electron chi connectivity index (χ3n) is 5.36. The number of aryl methyl sites for hydroxylation is 2. The van der Waals surface area contributed by atoms with E-state index in [1.54, 1.807) is 13.3 Å². The number of benzene rings is 4. The molecule has 0 amide bonds. The van der Waals surface area contributed by atoms with Crippen LogP contribution in [0.4, 0.5) is 5.69 Å². The highest BCUT2D eigenvalue weighted by atomic mass is 35.5. The Balaban J connectivity index is 1.57. The minimum atomic E-state index is 0.396. The fourth-order valence-electron chi connectivity index (χ4n) is 3.48. The molecule has 0 aliphatic heterocycles. The number of nitrogens with zero attached hydrogens (tertiary/aromatic N) is 1. The summed E-state index contributed by atoms with van der Waals surface area (Å²) in [5.74, 6) is 1.11. The van der Waals surface area contributed by atoms with E-state index in [4.69, 9.17) is 21.1 Å². The number of fused-ring (bicyclic) bond motifs is 1. The SMILES string of the molecule is COc1cc(C=Nc2ccc(C)c(C)c2)cc(Cl)c1OCc1cccc2ccccc12. The molecule has 4 rings (SSSR count). The highest BCUT2D eigenvalue weighted by molar-refractivity contribution is 6.32.